The van der Waals surface area contributed by atoms with E-state index in [9.17, 15) is 13.2 Å². The van der Waals surface area contributed by atoms with Crippen LogP contribution in [0.15, 0.2) is 53.4 Å². The third kappa shape index (κ3) is 6.37. The fourth-order valence-electron chi connectivity index (χ4n) is 2.37. The zero-order valence-electron chi connectivity index (χ0n) is 16.2. The van der Waals surface area contributed by atoms with E-state index in [4.69, 9.17) is 4.74 Å². The predicted molar refractivity (Wildman–Crippen MR) is 106 cm³/mol. The number of ether oxygens (including phenoxy) is 1. The Balaban J connectivity index is 2.02. The molecule has 1 atom stereocenters. The van der Waals surface area contributed by atoms with Crippen LogP contribution in [0, 0.1) is 6.92 Å². The maximum atomic E-state index is 12.3. The largest absolute Gasteiger partial charge is 0.481 e. The van der Waals surface area contributed by atoms with Gasteiger partial charge in [-0.25, -0.2) is 13.1 Å². The van der Waals surface area contributed by atoms with Gasteiger partial charge < -0.3 is 10.1 Å². The summed E-state index contributed by atoms with van der Waals surface area (Å²) >= 11 is 0. The highest BCUT2D eigenvalue weighted by Gasteiger charge is 2.22. The fourth-order valence-corrected chi connectivity index (χ4v) is 3.79. The highest BCUT2D eigenvalue weighted by Crippen LogP contribution is 2.18. The Bertz CT molecular complexity index is 900. The molecule has 0 aliphatic carbocycles. The van der Waals surface area contributed by atoms with Crippen molar-refractivity contribution in [1.82, 2.24) is 4.72 Å². The van der Waals surface area contributed by atoms with Crippen molar-refractivity contribution in [2.24, 2.45) is 0 Å². The first-order valence-corrected chi connectivity index (χ1v) is 10.1. The van der Waals surface area contributed by atoms with Crippen LogP contribution >= 0.6 is 0 Å². The number of anilines is 1. The van der Waals surface area contributed by atoms with Gasteiger partial charge in [-0.15, -0.1) is 0 Å². The second kappa shape index (κ2) is 8.10. The Morgan fingerprint density at radius 1 is 1.07 bits per heavy atom. The van der Waals surface area contributed by atoms with Gasteiger partial charge >= 0.3 is 0 Å². The van der Waals surface area contributed by atoms with Crippen molar-refractivity contribution < 1.29 is 17.9 Å². The molecule has 0 aromatic heterocycles. The van der Waals surface area contributed by atoms with Crippen molar-refractivity contribution in [3.8, 4) is 5.75 Å². The van der Waals surface area contributed by atoms with E-state index in [1.54, 1.807) is 45.9 Å². The molecule has 0 heterocycles. The number of hydrogen-bond donors (Lipinski definition) is 2. The molecule has 2 N–H and O–H groups in total. The van der Waals surface area contributed by atoms with Crippen molar-refractivity contribution in [2.45, 2.75) is 51.2 Å². The fraction of sp³-hybridized carbons (Fsp3) is 0.350. The van der Waals surface area contributed by atoms with Crippen LogP contribution in [0.3, 0.4) is 0 Å². The molecular weight excluding hydrogens is 364 g/mol. The number of rotatable bonds is 6. The van der Waals surface area contributed by atoms with Gasteiger partial charge in [0.05, 0.1) is 4.90 Å². The molecule has 0 fully saturated rings. The summed E-state index contributed by atoms with van der Waals surface area (Å²) in [4.78, 5) is 12.4. The molecule has 0 saturated heterocycles. The third-order valence-electron chi connectivity index (χ3n) is 3.54. The Hall–Kier alpha value is -2.38. The van der Waals surface area contributed by atoms with Gasteiger partial charge in [-0.2, -0.15) is 0 Å². The van der Waals surface area contributed by atoms with Crippen molar-refractivity contribution in [1.29, 1.82) is 0 Å². The van der Waals surface area contributed by atoms with E-state index < -0.39 is 21.7 Å². The summed E-state index contributed by atoms with van der Waals surface area (Å²) < 4.78 is 32.8. The molecule has 2 rings (SSSR count). The minimum absolute atomic E-state index is 0.138. The molecule has 0 spiro atoms. The van der Waals surface area contributed by atoms with Gasteiger partial charge in [-0.1, -0.05) is 12.1 Å². The van der Waals surface area contributed by atoms with Crippen molar-refractivity contribution in [2.75, 3.05) is 5.32 Å². The van der Waals surface area contributed by atoms with Gasteiger partial charge in [0.15, 0.2) is 6.10 Å². The molecular formula is C20H26N2O4S. The topological polar surface area (TPSA) is 84.5 Å². The van der Waals surface area contributed by atoms with Crippen molar-refractivity contribution in [3.63, 3.8) is 0 Å². The lowest BCUT2D eigenvalue weighted by Crippen LogP contribution is -2.40. The molecule has 146 valence electrons. The monoisotopic (exact) mass is 390 g/mol. The summed E-state index contributed by atoms with van der Waals surface area (Å²) in [6.45, 7) is 8.92. The van der Waals surface area contributed by atoms with E-state index in [0.717, 1.165) is 5.56 Å². The molecule has 0 saturated carbocycles. The zero-order valence-corrected chi connectivity index (χ0v) is 17.1. The van der Waals surface area contributed by atoms with Crippen molar-refractivity contribution in [3.05, 3.63) is 54.1 Å². The highest BCUT2D eigenvalue weighted by molar-refractivity contribution is 7.89. The van der Waals surface area contributed by atoms with Crippen LogP contribution < -0.4 is 14.8 Å². The molecule has 0 aliphatic heterocycles. The van der Waals surface area contributed by atoms with Crippen LogP contribution in [0.1, 0.15) is 33.3 Å². The molecule has 7 heteroatoms. The van der Waals surface area contributed by atoms with E-state index in [-0.39, 0.29) is 10.8 Å². The van der Waals surface area contributed by atoms with E-state index in [2.05, 4.69) is 10.0 Å². The summed E-state index contributed by atoms with van der Waals surface area (Å²) in [6, 6.07) is 13.5. The van der Waals surface area contributed by atoms with Gasteiger partial charge in [-0.05, 0) is 76.6 Å². The molecule has 0 aliphatic rings. The predicted octanol–water partition coefficient (Wildman–Crippen LogP) is 3.48. The van der Waals surface area contributed by atoms with E-state index in [1.165, 1.54) is 12.1 Å². The summed E-state index contributed by atoms with van der Waals surface area (Å²) in [7, 11) is -3.61. The van der Waals surface area contributed by atoms with Gasteiger partial charge in [0.2, 0.25) is 10.0 Å². The summed E-state index contributed by atoms with van der Waals surface area (Å²) in [6.07, 6.45) is -0.697. The second-order valence-corrected chi connectivity index (χ2v) is 9.13. The standard InChI is InChI=1S/C20H26N2O4S/c1-14-7-6-8-17(13-14)26-15(2)19(23)21-16-9-11-18(12-10-16)27(24,25)22-20(3,4)5/h6-13,15,22H,1-5H3,(H,21,23). The summed E-state index contributed by atoms with van der Waals surface area (Å²) in [5.74, 6) is 0.298. The SMILES string of the molecule is Cc1cccc(OC(C)C(=O)Nc2ccc(S(=O)(=O)NC(C)(C)C)cc2)c1. The average Bonchev–Trinajstić information content (AvgIpc) is 2.53. The maximum Gasteiger partial charge on any atom is 0.265 e. The lowest BCUT2D eigenvalue weighted by atomic mass is 10.1. The number of benzene rings is 2. The molecule has 0 bridgehead atoms. The number of sulfonamides is 1. The number of carbonyl (C=O) groups excluding carboxylic acids is 1. The number of hydrogen-bond acceptors (Lipinski definition) is 4. The van der Waals surface area contributed by atoms with E-state index in [1.807, 2.05) is 25.1 Å². The van der Waals surface area contributed by atoms with Gasteiger partial charge in [0.1, 0.15) is 5.75 Å². The van der Waals surface area contributed by atoms with Gasteiger partial charge in [0, 0.05) is 11.2 Å². The van der Waals surface area contributed by atoms with Crippen LogP contribution in [0.25, 0.3) is 0 Å². The number of nitrogens with one attached hydrogen (secondary N) is 2. The molecule has 1 unspecified atom stereocenters. The first-order chi connectivity index (χ1) is 12.5. The highest BCUT2D eigenvalue weighted by atomic mass is 32.2. The number of aryl methyl sites for hydroxylation is 1. The lowest BCUT2D eigenvalue weighted by Gasteiger charge is -2.20. The lowest BCUT2D eigenvalue weighted by molar-refractivity contribution is -0.122. The second-order valence-electron chi connectivity index (χ2n) is 7.45. The smallest absolute Gasteiger partial charge is 0.265 e. The first kappa shape index (κ1) is 20.9. The molecule has 1 amide bonds. The Labute approximate surface area is 161 Å². The Kier molecular flexibility index (Phi) is 6.28. The molecule has 6 nitrogen and oxygen atoms in total. The van der Waals surface area contributed by atoms with Crippen LogP contribution in [0.4, 0.5) is 5.69 Å². The molecule has 2 aromatic rings. The van der Waals surface area contributed by atoms with Crippen LogP contribution in [-0.2, 0) is 14.8 Å². The zero-order chi connectivity index (χ0) is 20.2. The van der Waals surface area contributed by atoms with Crippen molar-refractivity contribution >= 4 is 21.6 Å². The van der Waals surface area contributed by atoms with E-state index >= 15 is 0 Å². The van der Waals surface area contributed by atoms with Crippen LogP contribution in [0.5, 0.6) is 5.75 Å². The average molecular weight is 391 g/mol. The number of amides is 1. The van der Waals surface area contributed by atoms with Gasteiger partial charge in [-0.3, -0.25) is 4.79 Å². The Morgan fingerprint density at radius 3 is 2.26 bits per heavy atom. The minimum Gasteiger partial charge on any atom is -0.481 e. The van der Waals surface area contributed by atoms with Crippen LogP contribution in [-0.4, -0.2) is 26.0 Å². The minimum atomic E-state index is -3.61. The summed E-state index contributed by atoms with van der Waals surface area (Å²) in [5.41, 5.74) is 0.962. The quantitative estimate of drug-likeness (QED) is 0.791. The van der Waals surface area contributed by atoms with E-state index in [0.29, 0.717) is 11.4 Å². The molecule has 2 aromatic carbocycles. The third-order valence-corrected chi connectivity index (χ3v) is 5.32. The van der Waals surface area contributed by atoms with Crippen LogP contribution in [0.2, 0.25) is 0 Å². The normalized spacial score (nSPS) is 13.1. The first-order valence-electron chi connectivity index (χ1n) is 8.64. The van der Waals surface area contributed by atoms with Gasteiger partial charge in [0.25, 0.3) is 5.91 Å². The molecule has 0 radical (unpaired) electrons. The maximum absolute atomic E-state index is 12.3. The molecule has 27 heavy (non-hydrogen) atoms. The Morgan fingerprint density at radius 2 is 1.70 bits per heavy atom. The number of carbonyl (C=O) groups is 1. The summed E-state index contributed by atoms with van der Waals surface area (Å²) in [5, 5.41) is 2.72.